The van der Waals surface area contributed by atoms with E-state index in [1.165, 1.54) is 23.1 Å². The van der Waals surface area contributed by atoms with Gasteiger partial charge in [-0.2, -0.15) is 0 Å². The molecule has 2 aromatic carbocycles. The monoisotopic (exact) mass is 369 g/mol. The molecule has 1 N–H and O–H groups in total. The lowest BCUT2D eigenvalue weighted by atomic mass is 9.95. The van der Waals surface area contributed by atoms with Crippen molar-refractivity contribution in [2.24, 2.45) is 0 Å². The predicted octanol–water partition coefficient (Wildman–Crippen LogP) is 3.28. The second-order valence-electron chi connectivity index (χ2n) is 6.26. The van der Waals surface area contributed by atoms with Crippen LogP contribution >= 0.6 is 0 Å². The number of ketones is 1. The zero-order valence-electron chi connectivity index (χ0n) is 14.9. The van der Waals surface area contributed by atoms with Crippen LogP contribution in [0.2, 0.25) is 0 Å². The van der Waals surface area contributed by atoms with Crippen LogP contribution in [0.1, 0.15) is 23.6 Å². The lowest BCUT2D eigenvalue weighted by Gasteiger charge is -2.25. The number of halogens is 1. The maximum Gasteiger partial charge on any atom is 0.295 e. The number of Topliss-reactive ketones (excluding diaryl/α,β-unsaturated/α-hetero) is 1. The lowest BCUT2D eigenvalue weighted by molar-refractivity contribution is -0.140. The number of hydrogen-bond donors (Lipinski definition) is 1. The van der Waals surface area contributed by atoms with Gasteiger partial charge in [0.2, 0.25) is 0 Å². The van der Waals surface area contributed by atoms with Crippen LogP contribution in [0.15, 0.2) is 60.2 Å². The number of methoxy groups -OCH3 is 1. The summed E-state index contributed by atoms with van der Waals surface area (Å²) in [5.74, 6) is -2.23. The van der Waals surface area contributed by atoms with Crippen LogP contribution in [0.4, 0.5) is 4.39 Å². The highest BCUT2D eigenvalue weighted by Crippen LogP contribution is 2.39. The van der Waals surface area contributed by atoms with Gasteiger partial charge in [-0.3, -0.25) is 9.59 Å². The molecule has 1 atom stereocenters. The number of amides is 1. The molecule has 1 amide bonds. The molecule has 0 spiro atoms. The second-order valence-corrected chi connectivity index (χ2v) is 6.26. The van der Waals surface area contributed by atoms with E-state index < -0.39 is 23.5 Å². The van der Waals surface area contributed by atoms with Crippen LogP contribution < -0.4 is 0 Å². The first-order valence-electron chi connectivity index (χ1n) is 8.63. The van der Waals surface area contributed by atoms with Gasteiger partial charge in [0.25, 0.3) is 11.7 Å². The lowest BCUT2D eigenvalue weighted by Crippen LogP contribution is -2.31. The Morgan fingerprint density at radius 1 is 1.15 bits per heavy atom. The number of carbonyl (C=O) groups is 2. The van der Waals surface area contributed by atoms with Crippen molar-refractivity contribution >= 4 is 17.4 Å². The first-order valence-corrected chi connectivity index (χ1v) is 8.63. The molecule has 1 aliphatic heterocycles. The molecule has 1 saturated heterocycles. The Morgan fingerprint density at radius 2 is 1.89 bits per heavy atom. The Hall–Kier alpha value is -2.99. The zero-order valence-corrected chi connectivity index (χ0v) is 14.9. The van der Waals surface area contributed by atoms with Gasteiger partial charge in [0.1, 0.15) is 11.6 Å². The van der Waals surface area contributed by atoms with Crippen LogP contribution in [0.3, 0.4) is 0 Å². The minimum Gasteiger partial charge on any atom is -0.507 e. The molecular formula is C21H20FNO4. The van der Waals surface area contributed by atoms with E-state index in [1.807, 2.05) is 0 Å². The molecule has 0 saturated carbocycles. The average molecular weight is 369 g/mol. The molecule has 0 bridgehead atoms. The van der Waals surface area contributed by atoms with Crippen molar-refractivity contribution in [3.8, 4) is 0 Å². The van der Waals surface area contributed by atoms with Crippen molar-refractivity contribution in [3.05, 3.63) is 77.1 Å². The van der Waals surface area contributed by atoms with Crippen molar-refractivity contribution in [2.75, 3.05) is 20.3 Å². The van der Waals surface area contributed by atoms with E-state index in [9.17, 15) is 19.1 Å². The Labute approximate surface area is 156 Å². The topological polar surface area (TPSA) is 66.8 Å². The summed E-state index contributed by atoms with van der Waals surface area (Å²) in [7, 11) is 1.55. The maximum absolute atomic E-state index is 13.8. The number of likely N-dealkylation sites (tertiary alicyclic amines) is 1. The number of carbonyl (C=O) groups excluding carboxylic acids is 2. The van der Waals surface area contributed by atoms with Gasteiger partial charge in [-0.15, -0.1) is 0 Å². The van der Waals surface area contributed by atoms with E-state index in [1.54, 1.807) is 43.5 Å². The molecule has 0 aromatic heterocycles. The van der Waals surface area contributed by atoms with Crippen LogP contribution in [0.25, 0.3) is 5.76 Å². The highest BCUT2D eigenvalue weighted by atomic mass is 19.1. The smallest absolute Gasteiger partial charge is 0.295 e. The SMILES string of the molecule is COCCCN1C(=O)C(=O)C(=C(O)c2ccccc2)C1c1cccc(F)c1. The van der Waals surface area contributed by atoms with Gasteiger partial charge in [0.15, 0.2) is 0 Å². The fraction of sp³-hybridized carbons (Fsp3) is 0.238. The third-order valence-corrected chi connectivity index (χ3v) is 4.50. The molecule has 6 heteroatoms. The Kier molecular flexibility index (Phi) is 5.66. The third kappa shape index (κ3) is 3.75. The summed E-state index contributed by atoms with van der Waals surface area (Å²) in [6.45, 7) is 0.669. The fourth-order valence-electron chi connectivity index (χ4n) is 3.26. The number of aliphatic hydroxyl groups is 1. The normalized spacial score (nSPS) is 18.9. The summed E-state index contributed by atoms with van der Waals surface area (Å²) in [5, 5.41) is 10.8. The highest BCUT2D eigenvalue weighted by Gasteiger charge is 2.45. The first kappa shape index (κ1) is 18.8. The van der Waals surface area contributed by atoms with Gasteiger partial charge in [0, 0.05) is 25.8 Å². The molecule has 5 nitrogen and oxygen atoms in total. The molecule has 3 rings (SSSR count). The summed E-state index contributed by atoms with van der Waals surface area (Å²) < 4.78 is 18.8. The van der Waals surface area contributed by atoms with Crippen molar-refractivity contribution < 1.29 is 23.8 Å². The van der Waals surface area contributed by atoms with E-state index in [0.717, 1.165) is 0 Å². The zero-order chi connectivity index (χ0) is 19.4. The van der Waals surface area contributed by atoms with Crippen LogP contribution in [-0.2, 0) is 14.3 Å². The van der Waals surface area contributed by atoms with Crippen molar-refractivity contribution in [1.29, 1.82) is 0 Å². The second kappa shape index (κ2) is 8.14. The number of ether oxygens (including phenoxy) is 1. The van der Waals surface area contributed by atoms with Gasteiger partial charge in [-0.1, -0.05) is 42.5 Å². The fourth-order valence-corrected chi connectivity index (χ4v) is 3.26. The summed E-state index contributed by atoms with van der Waals surface area (Å²) in [6, 6.07) is 13.4. The Bertz CT molecular complexity index is 879. The van der Waals surface area contributed by atoms with Crippen molar-refractivity contribution in [2.45, 2.75) is 12.5 Å². The van der Waals surface area contributed by atoms with Crippen LogP contribution in [0.5, 0.6) is 0 Å². The van der Waals surface area contributed by atoms with Gasteiger partial charge in [0.05, 0.1) is 11.6 Å². The van der Waals surface area contributed by atoms with Gasteiger partial charge >= 0.3 is 0 Å². The number of nitrogens with zero attached hydrogens (tertiary/aromatic N) is 1. The minimum absolute atomic E-state index is 0.0331. The minimum atomic E-state index is -0.849. The standard InChI is InChI=1S/C21H20FNO4/c1-27-12-6-11-23-18(15-9-5-10-16(22)13-15)17(20(25)21(23)26)19(24)14-7-3-2-4-8-14/h2-5,7-10,13,18,24H,6,11-12H2,1H3. The van der Waals surface area contributed by atoms with Crippen molar-refractivity contribution in [3.63, 3.8) is 0 Å². The van der Waals surface area contributed by atoms with Crippen LogP contribution in [-0.4, -0.2) is 42.0 Å². The Balaban J connectivity index is 2.12. The van der Waals surface area contributed by atoms with E-state index >= 15 is 0 Å². The number of hydrogen-bond acceptors (Lipinski definition) is 4. The number of benzene rings is 2. The summed E-state index contributed by atoms with van der Waals surface area (Å²) in [5.41, 5.74) is 0.826. The quantitative estimate of drug-likeness (QED) is 0.367. The average Bonchev–Trinajstić information content (AvgIpc) is 2.93. The molecule has 0 aliphatic carbocycles. The largest absolute Gasteiger partial charge is 0.507 e. The highest BCUT2D eigenvalue weighted by molar-refractivity contribution is 6.46. The number of aliphatic hydroxyl groups excluding tert-OH is 1. The van der Waals surface area contributed by atoms with E-state index in [0.29, 0.717) is 24.2 Å². The molecule has 27 heavy (non-hydrogen) atoms. The summed E-state index contributed by atoms with van der Waals surface area (Å²) in [6.07, 6.45) is 0.515. The predicted molar refractivity (Wildman–Crippen MR) is 98.3 cm³/mol. The molecule has 1 unspecified atom stereocenters. The molecule has 1 fully saturated rings. The molecule has 2 aromatic rings. The molecule has 140 valence electrons. The van der Waals surface area contributed by atoms with E-state index in [4.69, 9.17) is 4.74 Å². The maximum atomic E-state index is 13.8. The van der Waals surface area contributed by atoms with Gasteiger partial charge < -0.3 is 14.7 Å². The summed E-state index contributed by atoms with van der Waals surface area (Å²) >= 11 is 0. The van der Waals surface area contributed by atoms with Crippen molar-refractivity contribution in [1.82, 2.24) is 4.90 Å². The molecule has 0 radical (unpaired) electrons. The number of rotatable bonds is 6. The van der Waals surface area contributed by atoms with Gasteiger partial charge in [-0.25, -0.2) is 4.39 Å². The van der Waals surface area contributed by atoms with Crippen LogP contribution in [0, 0.1) is 5.82 Å². The van der Waals surface area contributed by atoms with E-state index in [2.05, 4.69) is 0 Å². The summed E-state index contributed by atoms with van der Waals surface area (Å²) in [4.78, 5) is 26.7. The molecular weight excluding hydrogens is 349 g/mol. The van der Waals surface area contributed by atoms with E-state index in [-0.39, 0.29) is 17.9 Å². The van der Waals surface area contributed by atoms with Gasteiger partial charge in [-0.05, 0) is 24.1 Å². The molecule has 1 heterocycles. The Morgan fingerprint density at radius 3 is 2.56 bits per heavy atom. The first-order chi connectivity index (χ1) is 13.0. The molecule has 1 aliphatic rings. The third-order valence-electron chi connectivity index (χ3n) is 4.50.